The SMILES string of the molecule is CN=C(NCCCCSC)NCCC(=O)N(C)Cc1ccccc1.I. The summed E-state index contributed by atoms with van der Waals surface area (Å²) in [6, 6.07) is 10.0. The molecule has 5 nitrogen and oxygen atoms in total. The Morgan fingerprint density at radius 1 is 1.16 bits per heavy atom. The highest BCUT2D eigenvalue weighted by Gasteiger charge is 2.09. The predicted octanol–water partition coefficient (Wildman–Crippen LogP) is 2.96. The molecule has 1 rings (SSSR count). The van der Waals surface area contributed by atoms with Crippen LogP contribution in [-0.2, 0) is 11.3 Å². The van der Waals surface area contributed by atoms with Gasteiger partial charge in [-0.2, -0.15) is 11.8 Å². The van der Waals surface area contributed by atoms with Gasteiger partial charge in [0.2, 0.25) is 5.91 Å². The summed E-state index contributed by atoms with van der Waals surface area (Å²) >= 11 is 1.87. The molecule has 0 saturated heterocycles. The van der Waals surface area contributed by atoms with Crippen LogP contribution >= 0.6 is 35.7 Å². The van der Waals surface area contributed by atoms with Gasteiger partial charge in [0.05, 0.1) is 0 Å². The van der Waals surface area contributed by atoms with Crippen molar-refractivity contribution in [3.05, 3.63) is 35.9 Å². The summed E-state index contributed by atoms with van der Waals surface area (Å²) in [4.78, 5) is 18.1. The third-order valence-corrected chi connectivity index (χ3v) is 4.31. The fourth-order valence-electron chi connectivity index (χ4n) is 2.22. The number of hydrogen-bond acceptors (Lipinski definition) is 3. The topological polar surface area (TPSA) is 56.7 Å². The molecule has 0 aromatic heterocycles. The van der Waals surface area contributed by atoms with Gasteiger partial charge in [0, 0.05) is 40.2 Å². The van der Waals surface area contributed by atoms with Crippen molar-refractivity contribution in [1.82, 2.24) is 15.5 Å². The number of halogens is 1. The van der Waals surface area contributed by atoms with Crippen LogP contribution in [0.5, 0.6) is 0 Å². The van der Waals surface area contributed by atoms with Gasteiger partial charge in [-0.3, -0.25) is 9.79 Å². The highest BCUT2D eigenvalue weighted by molar-refractivity contribution is 14.0. The first kappa shape index (κ1) is 24.0. The van der Waals surface area contributed by atoms with Crippen molar-refractivity contribution >= 4 is 47.6 Å². The number of guanidine groups is 1. The Labute approximate surface area is 173 Å². The van der Waals surface area contributed by atoms with E-state index in [4.69, 9.17) is 0 Å². The number of nitrogens with one attached hydrogen (secondary N) is 2. The molecule has 7 heteroatoms. The summed E-state index contributed by atoms with van der Waals surface area (Å²) in [7, 11) is 3.59. The van der Waals surface area contributed by atoms with Gasteiger partial charge in [0.25, 0.3) is 0 Å². The Bertz CT molecular complexity index is 499. The van der Waals surface area contributed by atoms with Gasteiger partial charge in [0.15, 0.2) is 5.96 Å². The molecule has 0 bridgehead atoms. The summed E-state index contributed by atoms with van der Waals surface area (Å²) < 4.78 is 0. The maximum atomic E-state index is 12.2. The van der Waals surface area contributed by atoms with Gasteiger partial charge >= 0.3 is 0 Å². The van der Waals surface area contributed by atoms with Crippen molar-refractivity contribution in [2.45, 2.75) is 25.8 Å². The minimum Gasteiger partial charge on any atom is -0.356 e. The van der Waals surface area contributed by atoms with Crippen LogP contribution in [0.2, 0.25) is 0 Å². The molecular formula is C18H31IN4OS. The maximum Gasteiger partial charge on any atom is 0.224 e. The van der Waals surface area contributed by atoms with Crippen LogP contribution in [0.25, 0.3) is 0 Å². The summed E-state index contributed by atoms with van der Waals surface area (Å²) in [6.45, 7) is 2.13. The second-order valence-electron chi connectivity index (χ2n) is 5.61. The molecule has 0 radical (unpaired) electrons. The van der Waals surface area contributed by atoms with Gasteiger partial charge in [-0.05, 0) is 30.4 Å². The van der Waals surface area contributed by atoms with Crippen LogP contribution in [0.4, 0.5) is 0 Å². The van der Waals surface area contributed by atoms with Crippen molar-refractivity contribution in [2.24, 2.45) is 4.99 Å². The Kier molecular flexibility index (Phi) is 14.7. The number of amides is 1. The van der Waals surface area contributed by atoms with E-state index in [2.05, 4.69) is 21.9 Å². The van der Waals surface area contributed by atoms with Crippen molar-refractivity contribution in [2.75, 3.05) is 39.2 Å². The average Bonchev–Trinajstić information content (AvgIpc) is 2.60. The lowest BCUT2D eigenvalue weighted by atomic mass is 10.2. The molecule has 1 amide bonds. The first-order chi connectivity index (χ1) is 11.7. The van der Waals surface area contributed by atoms with Crippen molar-refractivity contribution < 1.29 is 4.79 Å². The van der Waals surface area contributed by atoms with Crippen LogP contribution in [0, 0.1) is 0 Å². The highest BCUT2D eigenvalue weighted by Crippen LogP contribution is 2.03. The zero-order chi connectivity index (χ0) is 17.6. The number of nitrogens with zero attached hydrogens (tertiary/aromatic N) is 2. The highest BCUT2D eigenvalue weighted by atomic mass is 127. The molecule has 0 saturated carbocycles. The molecule has 0 aliphatic rings. The van der Waals surface area contributed by atoms with Crippen LogP contribution in [-0.4, -0.2) is 56.0 Å². The lowest BCUT2D eigenvalue weighted by Crippen LogP contribution is -2.39. The number of rotatable bonds is 10. The fraction of sp³-hybridized carbons (Fsp3) is 0.556. The number of carbonyl (C=O) groups excluding carboxylic acids is 1. The molecule has 0 aliphatic carbocycles. The van der Waals surface area contributed by atoms with Gasteiger partial charge in [0.1, 0.15) is 0 Å². The second-order valence-corrected chi connectivity index (χ2v) is 6.60. The van der Waals surface area contributed by atoms with Crippen molar-refractivity contribution in [1.29, 1.82) is 0 Å². The largest absolute Gasteiger partial charge is 0.356 e. The number of thioether (sulfide) groups is 1. The summed E-state index contributed by atoms with van der Waals surface area (Å²) in [5.74, 6) is 2.08. The Morgan fingerprint density at radius 3 is 2.48 bits per heavy atom. The monoisotopic (exact) mass is 478 g/mol. The van der Waals surface area contributed by atoms with Gasteiger partial charge in [-0.25, -0.2) is 0 Å². The normalized spacial score (nSPS) is 10.8. The van der Waals surface area contributed by atoms with Gasteiger partial charge in [-0.15, -0.1) is 24.0 Å². The number of aliphatic imine (C=N–C) groups is 1. The summed E-state index contributed by atoms with van der Waals surface area (Å²) in [5.41, 5.74) is 1.14. The first-order valence-corrected chi connectivity index (χ1v) is 9.78. The van der Waals surface area contributed by atoms with E-state index >= 15 is 0 Å². The fourth-order valence-corrected chi connectivity index (χ4v) is 2.72. The van der Waals surface area contributed by atoms with Crippen LogP contribution in [0.3, 0.4) is 0 Å². The molecule has 2 N–H and O–H groups in total. The molecule has 0 aliphatic heterocycles. The van der Waals surface area contributed by atoms with Crippen molar-refractivity contribution in [3.8, 4) is 0 Å². The lowest BCUT2D eigenvalue weighted by Gasteiger charge is -2.18. The Hall–Kier alpha value is -0.960. The molecule has 0 spiro atoms. The van der Waals surface area contributed by atoms with E-state index in [0.29, 0.717) is 19.5 Å². The molecule has 1 aromatic rings. The molecule has 1 aromatic carbocycles. The van der Waals surface area contributed by atoms with E-state index in [1.54, 1.807) is 11.9 Å². The van der Waals surface area contributed by atoms with Gasteiger partial charge < -0.3 is 15.5 Å². The molecule has 25 heavy (non-hydrogen) atoms. The first-order valence-electron chi connectivity index (χ1n) is 8.38. The standard InChI is InChI=1S/C18H30N4OS.HI/c1-19-18(20-12-7-8-14-24-3)21-13-11-17(23)22(2)15-16-9-5-4-6-10-16;/h4-6,9-10H,7-8,11-15H2,1-3H3,(H2,19,20,21);1H. The third-order valence-electron chi connectivity index (χ3n) is 3.61. The van der Waals surface area contributed by atoms with Gasteiger partial charge in [-0.1, -0.05) is 30.3 Å². The van der Waals surface area contributed by atoms with Crippen molar-refractivity contribution in [3.63, 3.8) is 0 Å². The molecular weight excluding hydrogens is 447 g/mol. The Morgan fingerprint density at radius 2 is 1.84 bits per heavy atom. The van der Waals surface area contributed by atoms with Crippen LogP contribution in [0.15, 0.2) is 35.3 Å². The molecule has 0 fully saturated rings. The number of unbranched alkanes of at least 4 members (excludes halogenated alkanes) is 1. The zero-order valence-corrected chi connectivity index (χ0v) is 18.6. The van der Waals surface area contributed by atoms with E-state index in [9.17, 15) is 4.79 Å². The second kappa shape index (κ2) is 15.3. The van der Waals surface area contributed by atoms with E-state index in [1.165, 1.54) is 12.2 Å². The summed E-state index contributed by atoms with van der Waals surface area (Å²) in [6.07, 6.45) is 4.91. The lowest BCUT2D eigenvalue weighted by molar-refractivity contribution is -0.130. The van der Waals surface area contributed by atoms with E-state index in [1.807, 2.05) is 49.1 Å². The Balaban J connectivity index is 0.00000576. The molecule has 0 heterocycles. The number of carbonyl (C=O) groups is 1. The van der Waals surface area contributed by atoms with Crippen LogP contribution in [0.1, 0.15) is 24.8 Å². The molecule has 0 atom stereocenters. The third kappa shape index (κ3) is 11.3. The minimum absolute atomic E-state index is 0. The zero-order valence-electron chi connectivity index (χ0n) is 15.5. The number of hydrogen-bond donors (Lipinski definition) is 2. The smallest absolute Gasteiger partial charge is 0.224 e. The molecule has 0 unspecified atom stereocenters. The summed E-state index contributed by atoms with van der Waals surface area (Å²) in [5, 5.41) is 6.47. The maximum absolute atomic E-state index is 12.2. The quantitative estimate of drug-likeness (QED) is 0.235. The molecule has 142 valence electrons. The average molecular weight is 478 g/mol. The minimum atomic E-state index is 0. The number of benzene rings is 1. The van der Waals surface area contributed by atoms with E-state index < -0.39 is 0 Å². The van der Waals surface area contributed by atoms with E-state index in [0.717, 1.165) is 24.5 Å². The van der Waals surface area contributed by atoms with E-state index in [-0.39, 0.29) is 29.9 Å². The van der Waals surface area contributed by atoms with Crippen LogP contribution < -0.4 is 10.6 Å². The predicted molar refractivity (Wildman–Crippen MR) is 120 cm³/mol.